The van der Waals surface area contributed by atoms with Crippen LogP contribution in [-0.4, -0.2) is 67.6 Å². The molecule has 2 atom stereocenters. The lowest BCUT2D eigenvalue weighted by Crippen LogP contribution is -2.48. The van der Waals surface area contributed by atoms with Gasteiger partial charge in [0.15, 0.2) is 0 Å². The zero-order valence-electron chi connectivity index (χ0n) is 18.6. The van der Waals surface area contributed by atoms with Crippen LogP contribution in [0.15, 0.2) is 60.7 Å². The number of hydrogen-bond donors (Lipinski definition) is 1. The SMILES string of the molecule is O=C(NCC(c1ccccc1)N1CCOCC1)C1CCCN(C(=O)Cc2ccccc2)C1. The van der Waals surface area contributed by atoms with Gasteiger partial charge in [0.1, 0.15) is 0 Å². The smallest absolute Gasteiger partial charge is 0.227 e. The van der Waals surface area contributed by atoms with Gasteiger partial charge in [0, 0.05) is 32.7 Å². The Kier molecular flexibility index (Phi) is 7.91. The van der Waals surface area contributed by atoms with Crippen LogP contribution in [0.5, 0.6) is 0 Å². The summed E-state index contributed by atoms with van der Waals surface area (Å²) in [7, 11) is 0. The Hall–Kier alpha value is -2.70. The van der Waals surface area contributed by atoms with Gasteiger partial charge in [0.25, 0.3) is 0 Å². The number of ether oxygens (including phenoxy) is 1. The molecule has 6 heteroatoms. The summed E-state index contributed by atoms with van der Waals surface area (Å²) in [4.78, 5) is 30.1. The van der Waals surface area contributed by atoms with Gasteiger partial charge in [-0.3, -0.25) is 14.5 Å². The molecule has 2 aromatic rings. The first-order chi connectivity index (χ1) is 15.7. The number of carbonyl (C=O) groups excluding carboxylic acids is 2. The standard InChI is InChI=1S/C26H33N3O3/c30-25(18-21-8-3-1-4-9-21)29-13-7-12-23(20-29)26(31)27-19-24(22-10-5-2-6-11-22)28-14-16-32-17-15-28/h1-6,8-11,23-24H,7,12-20H2,(H,27,31). The van der Waals surface area contributed by atoms with Crippen LogP contribution in [0.25, 0.3) is 0 Å². The Bertz CT molecular complexity index is 868. The largest absolute Gasteiger partial charge is 0.379 e. The lowest BCUT2D eigenvalue weighted by molar-refractivity contribution is -0.135. The van der Waals surface area contributed by atoms with E-state index in [0.717, 1.165) is 51.3 Å². The minimum Gasteiger partial charge on any atom is -0.379 e. The zero-order chi connectivity index (χ0) is 22.2. The summed E-state index contributed by atoms with van der Waals surface area (Å²) >= 11 is 0. The van der Waals surface area contributed by atoms with Crippen LogP contribution in [0.1, 0.15) is 30.0 Å². The maximum atomic E-state index is 13.1. The van der Waals surface area contributed by atoms with Gasteiger partial charge >= 0.3 is 0 Å². The van der Waals surface area contributed by atoms with Crippen LogP contribution in [0, 0.1) is 5.92 Å². The van der Waals surface area contributed by atoms with Crippen LogP contribution < -0.4 is 5.32 Å². The van der Waals surface area contributed by atoms with Crippen molar-refractivity contribution in [2.45, 2.75) is 25.3 Å². The minimum atomic E-state index is -0.149. The van der Waals surface area contributed by atoms with Crippen molar-refractivity contribution in [3.8, 4) is 0 Å². The van der Waals surface area contributed by atoms with Crippen LogP contribution >= 0.6 is 0 Å². The topological polar surface area (TPSA) is 61.9 Å². The molecule has 2 aliphatic heterocycles. The molecule has 2 unspecified atom stereocenters. The summed E-state index contributed by atoms with van der Waals surface area (Å²) in [6, 6.07) is 20.3. The van der Waals surface area contributed by atoms with E-state index in [0.29, 0.717) is 19.5 Å². The monoisotopic (exact) mass is 435 g/mol. The molecule has 32 heavy (non-hydrogen) atoms. The van der Waals surface area contributed by atoms with Crippen molar-refractivity contribution in [1.29, 1.82) is 0 Å². The predicted molar refractivity (Wildman–Crippen MR) is 124 cm³/mol. The van der Waals surface area contributed by atoms with E-state index in [-0.39, 0.29) is 23.8 Å². The number of likely N-dealkylation sites (tertiary alicyclic amines) is 1. The van der Waals surface area contributed by atoms with Gasteiger partial charge in [0.2, 0.25) is 11.8 Å². The second-order valence-corrected chi connectivity index (χ2v) is 8.66. The van der Waals surface area contributed by atoms with Crippen molar-refractivity contribution in [1.82, 2.24) is 15.1 Å². The molecule has 0 aromatic heterocycles. The third kappa shape index (κ3) is 5.96. The predicted octanol–water partition coefficient (Wildman–Crippen LogP) is 2.66. The van der Waals surface area contributed by atoms with E-state index in [4.69, 9.17) is 4.74 Å². The molecule has 2 heterocycles. The molecule has 0 radical (unpaired) electrons. The highest BCUT2D eigenvalue weighted by Crippen LogP contribution is 2.22. The van der Waals surface area contributed by atoms with Crippen molar-refractivity contribution in [2.24, 2.45) is 5.92 Å². The van der Waals surface area contributed by atoms with Crippen molar-refractivity contribution < 1.29 is 14.3 Å². The van der Waals surface area contributed by atoms with E-state index in [1.54, 1.807) is 0 Å². The molecule has 0 aliphatic carbocycles. The Morgan fingerprint density at radius 3 is 2.38 bits per heavy atom. The number of nitrogens with zero attached hydrogens (tertiary/aromatic N) is 2. The minimum absolute atomic E-state index is 0.0522. The highest BCUT2D eigenvalue weighted by molar-refractivity contribution is 5.82. The molecule has 0 saturated carbocycles. The molecular formula is C26H33N3O3. The fourth-order valence-electron chi connectivity index (χ4n) is 4.66. The van der Waals surface area contributed by atoms with Crippen molar-refractivity contribution in [3.63, 3.8) is 0 Å². The average Bonchev–Trinajstić information content (AvgIpc) is 2.86. The van der Waals surface area contributed by atoms with Gasteiger partial charge in [-0.25, -0.2) is 0 Å². The Morgan fingerprint density at radius 2 is 1.66 bits per heavy atom. The van der Waals surface area contributed by atoms with Crippen LogP contribution in [0.2, 0.25) is 0 Å². The first-order valence-corrected chi connectivity index (χ1v) is 11.7. The fourth-order valence-corrected chi connectivity index (χ4v) is 4.66. The molecule has 2 aromatic carbocycles. The molecule has 6 nitrogen and oxygen atoms in total. The Morgan fingerprint density at radius 1 is 0.969 bits per heavy atom. The van der Waals surface area contributed by atoms with E-state index < -0.39 is 0 Å². The number of morpholine rings is 1. The molecule has 2 fully saturated rings. The molecule has 2 aliphatic rings. The van der Waals surface area contributed by atoms with E-state index in [1.165, 1.54) is 5.56 Å². The second kappa shape index (κ2) is 11.2. The third-order valence-electron chi connectivity index (χ3n) is 6.48. The van der Waals surface area contributed by atoms with Gasteiger partial charge in [-0.1, -0.05) is 60.7 Å². The summed E-state index contributed by atoms with van der Waals surface area (Å²) in [5.74, 6) is 0.00478. The molecule has 1 N–H and O–H groups in total. The van der Waals surface area contributed by atoms with Crippen molar-refractivity contribution in [2.75, 3.05) is 45.9 Å². The molecule has 0 spiro atoms. The molecule has 4 rings (SSSR count). The molecule has 2 amide bonds. The zero-order valence-corrected chi connectivity index (χ0v) is 18.6. The quantitative estimate of drug-likeness (QED) is 0.726. The van der Waals surface area contributed by atoms with Crippen LogP contribution in [0.4, 0.5) is 0 Å². The fraction of sp³-hybridized carbons (Fsp3) is 0.462. The van der Waals surface area contributed by atoms with E-state index in [1.807, 2.05) is 53.4 Å². The maximum Gasteiger partial charge on any atom is 0.227 e. The van der Waals surface area contributed by atoms with E-state index >= 15 is 0 Å². The van der Waals surface area contributed by atoms with Gasteiger partial charge in [0.05, 0.1) is 31.6 Å². The normalized spacial score (nSPS) is 20.5. The molecule has 170 valence electrons. The number of rotatable bonds is 7. The highest BCUT2D eigenvalue weighted by Gasteiger charge is 2.30. The second-order valence-electron chi connectivity index (χ2n) is 8.66. The average molecular weight is 436 g/mol. The Labute approximate surface area is 190 Å². The molecule has 0 bridgehead atoms. The van der Waals surface area contributed by atoms with Gasteiger partial charge < -0.3 is 15.0 Å². The van der Waals surface area contributed by atoms with E-state index in [2.05, 4.69) is 22.3 Å². The number of amides is 2. The maximum absolute atomic E-state index is 13.1. The summed E-state index contributed by atoms with van der Waals surface area (Å²) in [6.07, 6.45) is 2.08. The number of hydrogen-bond acceptors (Lipinski definition) is 4. The van der Waals surface area contributed by atoms with Crippen molar-refractivity contribution >= 4 is 11.8 Å². The lowest BCUT2D eigenvalue weighted by Gasteiger charge is -2.36. The summed E-state index contributed by atoms with van der Waals surface area (Å²) in [5, 5.41) is 3.20. The highest BCUT2D eigenvalue weighted by atomic mass is 16.5. The van der Waals surface area contributed by atoms with Gasteiger partial charge in [-0.15, -0.1) is 0 Å². The summed E-state index contributed by atoms with van der Waals surface area (Å²) in [6.45, 7) is 4.97. The van der Waals surface area contributed by atoms with Crippen LogP contribution in [-0.2, 0) is 20.7 Å². The Balaban J connectivity index is 1.34. The summed E-state index contributed by atoms with van der Waals surface area (Å²) in [5.41, 5.74) is 2.22. The summed E-state index contributed by atoms with van der Waals surface area (Å²) < 4.78 is 5.52. The van der Waals surface area contributed by atoms with Gasteiger partial charge in [-0.05, 0) is 24.0 Å². The molecular weight excluding hydrogens is 402 g/mol. The number of piperidine rings is 1. The van der Waals surface area contributed by atoms with E-state index in [9.17, 15) is 9.59 Å². The number of carbonyl (C=O) groups is 2. The third-order valence-corrected chi connectivity index (χ3v) is 6.48. The van der Waals surface area contributed by atoms with Crippen molar-refractivity contribution in [3.05, 3.63) is 71.8 Å². The number of nitrogens with one attached hydrogen (secondary N) is 1. The van der Waals surface area contributed by atoms with Crippen LogP contribution in [0.3, 0.4) is 0 Å². The lowest BCUT2D eigenvalue weighted by atomic mass is 9.96. The first-order valence-electron chi connectivity index (χ1n) is 11.7. The van der Waals surface area contributed by atoms with Gasteiger partial charge in [-0.2, -0.15) is 0 Å². The molecule has 2 saturated heterocycles. The first kappa shape index (κ1) is 22.5. The number of benzene rings is 2.